The molecule has 2 aromatic rings. The molecule has 4 rings (SSSR count). The fourth-order valence-corrected chi connectivity index (χ4v) is 5.05. The highest BCUT2D eigenvalue weighted by molar-refractivity contribution is 7.11. The van der Waals surface area contributed by atoms with Crippen LogP contribution in [0.5, 0.6) is 0 Å². The van der Waals surface area contributed by atoms with Crippen LogP contribution >= 0.6 is 11.3 Å². The number of nitrogens with one attached hydrogen (secondary N) is 2. The molecule has 0 fully saturated rings. The Morgan fingerprint density at radius 2 is 1.92 bits per heavy atom. The predicted molar refractivity (Wildman–Crippen MR) is 99.0 cm³/mol. The Bertz CT molecular complexity index is 725. The number of hydrogen-bond donors (Lipinski definition) is 2. The number of fused-ring (bicyclic) bond motifs is 2. The van der Waals surface area contributed by atoms with Gasteiger partial charge in [0.15, 0.2) is 0 Å². The topological polar surface area (TPSA) is 70.7 Å². The van der Waals surface area contributed by atoms with Gasteiger partial charge in [0.1, 0.15) is 0 Å². The van der Waals surface area contributed by atoms with E-state index in [-0.39, 0.29) is 5.91 Å². The lowest BCUT2D eigenvalue weighted by molar-refractivity contribution is -0.121. The molecule has 2 heterocycles. The third kappa shape index (κ3) is 3.94. The minimum Gasteiger partial charge on any atom is -0.356 e. The summed E-state index contributed by atoms with van der Waals surface area (Å²) >= 11 is 1.84. The molecule has 2 aromatic heterocycles. The summed E-state index contributed by atoms with van der Waals surface area (Å²) in [4.78, 5) is 18.3. The van der Waals surface area contributed by atoms with E-state index < -0.39 is 0 Å². The highest BCUT2D eigenvalue weighted by Crippen LogP contribution is 2.26. The van der Waals surface area contributed by atoms with E-state index in [1.165, 1.54) is 58.9 Å². The minimum atomic E-state index is 0.119. The van der Waals surface area contributed by atoms with Gasteiger partial charge in [-0.05, 0) is 56.9 Å². The van der Waals surface area contributed by atoms with E-state index in [0.29, 0.717) is 13.0 Å². The Hall–Kier alpha value is -1.69. The molecule has 2 aliphatic rings. The molecule has 0 spiro atoms. The van der Waals surface area contributed by atoms with E-state index in [1.54, 1.807) is 0 Å². The Labute approximate surface area is 152 Å². The zero-order chi connectivity index (χ0) is 17.1. The molecule has 0 aromatic carbocycles. The highest BCUT2D eigenvalue weighted by atomic mass is 32.1. The molecule has 2 N–H and O–H groups in total. The van der Waals surface area contributed by atoms with Crippen molar-refractivity contribution in [2.45, 2.75) is 70.6 Å². The third-order valence-corrected chi connectivity index (χ3v) is 6.50. The van der Waals surface area contributed by atoms with Gasteiger partial charge in [0, 0.05) is 36.4 Å². The molecule has 0 atom stereocenters. The molecule has 0 bridgehead atoms. The van der Waals surface area contributed by atoms with Crippen LogP contribution in [-0.2, 0) is 43.3 Å². The Kier molecular flexibility index (Phi) is 5.15. The Morgan fingerprint density at radius 3 is 2.84 bits per heavy atom. The van der Waals surface area contributed by atoms with E-state index >= 15 is 0 Å². The Balaban J connectivity index is 1.22. The standard InChI is InChI=1S/C19H26N4OS/c24-18(10-9-15-13-5-1-2-6-14(13)22-23-15)20-12-11-19-21-16-7-3-4-8-17(16)25-19/h1-12H2,(H,20,24)(H,22,23). The van der Waals surface area contributed by atoms with Gasteiger partial charge >= 0.3 is 0 Å². The number of aromatic amines is 1. The van der Waals surface area contributed by atoms with Crippen molar-refractivity contribution in [2.75, 3.05) is 6.54 Å². The van der Waals surface area contributed by atoms with Gasteiger partial charge in [-0.25, -0.2) is 4.98 Å². The number of amides is 1. The van der Waals surface area contributed by atoms with Crippen LogP contribution in [-0.4, -0.2) is 27.6 Å². The van der Waals surface area contributed by atoms with Crippen LogP contribution in [0.1, 0.15) is 64.6 Å². The van der Waals surface area contributed by atoms with E-state index in [9.17, 15) is 4.79 Å². The van der Waals surface area contributed by atoms with Gasteiger partial charge in [-0.15, -0.1) is 11.3 Å². The minimum absolute atomic E-state index is 0.119. The molecule has 1 amide bonds. The van der Waals surface area contributed by atoms with Crippen LogP contribution in [0, 0.1) is 0 Å². The first-order chi connectivity index (χ1) is 12.3. The number of rotatable bonds is 6. The number of nitrogens with zero attached hydrogens (tertiary/aromatic N) is 2. The summed E-state index contributed by atoms with van der Waals surface area (Å²) < 4.78 is 0. The summed E-state index contributed by atoms with van der Waals surface area (Å²) in [6, 6.07) is 0. The smallest absolute Gasteiger partial charge is 0.220 e. The maximum Gasteiger partial charge on any atom is 0.220 e. The van der Waals surface area contributed by atoms with Crippen LogP contribution < -0.4 is 5.32 Å². The van der Waals surface area contributed by atoms with Crippen LogP contribution in [0.2, 0.25) is 0 Å². The average Bonchev–Trinajstić information content (AvgIpc) is 3.23. The van der Waals surface area contributed by atoms with Gasteiger partial charge in [-0.2, -0.15) is 5.10 Å². The lowest BCUT2D eigenvalue weighted by Gasteiger charge is -2.11. The third-order valence-electron chi connectivity index (χ3n) is 5.28. The molecule has 25 heavy (non-hydrogen) atoms. The van der Waals surface area contributed by atoms with Gasteiger partial charge in [0.2, 0.25) is 5.91 Å². The molecule has 2 aliphatic carbocycles. The van der Waals surface area contributed by atoms with Crippen molar-refractivity contribution in [2.24, 2.45) is 0 Å². The maximum atomic E-state index is 12.1. The molecular formula is C19H26N4OS. The van der Waals surface area contributed by atoms with E-state index in [4.69, 9.17) is 4.98 Å². The van der Waals surface area contributed by atoms with Crippen molar-refractivity contribution in [3.05, 3.63) is 32.5 Å². The van der Waals surface area contributed by atoms with Gasteiger partial charge in [-0.1, -0.05) is 0 Å². The summed E-state index contributed by atoms with van der Waals surface area (Å²) in [7, 11) is 0. The number of carbonyl (C=O) groups is 1. The molecule has 0 saturated heterocycles. The SMILES string of the molecule is O=C(CCc1n[nH]c2c1CCCC2)NCCc1nc2c(s1)CCCC2. The molecular weight excluding hydrogens is 332 g/mol. The van der Waals surface area contributed by atoms with E-state index in [0.717, 1.165) is 37.8 Å². The van der Waals surface area contributed by atoms with Gasteiger partial charge in [0.25, 0.3) is 0 Å². The zero-order valence-electron chi connectivity index (χ0n) is 14.7. The van der Waals surface area contributed by atoms with Crippen LogP contribution in [0.4, 0.5) is 0 Å². The first kappa shape index (κ1) is 16.8. The average molecular weight is 359 g/mol. The van der Waals surface area contributed by atoms with E-state index in [1.807, 2.05) is 11.3 Å². The molecule has 0 unspecified atom stereocenters. The second-order valence-corrected chi connectivity index (χ2v) is 8.29. The summed E-state index contributed by atoms with van der Waals surface area (Å²) in [6.07, 6.45) is 11.7. The highest BCUT2D eigenvalue weighted by Gasteiger charge is 2.18. The van der Waals surface area contributed by atoms with Crippen molar-refractivity contribution < 1.29 is 4.79 Å². The number of aryl methyl sites for hydroxylation is 4. The van der Waals surface area contributed by atoms with Crippen LogP contribution in [0.3, 0.4) is 0 Å². The van der Waals surface area contributed by atoms with Crippen molar-refractivity contribution in [1.29, 1.82) is 0 Å². The first-order valence-electron chi connectivity index (χ1n) is 9.59. The van der Waals surface area contributed by atoms with Crippen LogP contribution in [0.15, 0.2) is 0 Å². The van der Waals surface area contributed by atoms with Crippen molar-refractivity contribution in [3.8, 4) is 0 Å². The lowest BCUT2D eigenvalue weighted by Crippen LogP contribution is -2.26. The monoisotopic (exact) mass is 358 g/mol. The molecule has 6 heteroatoms. The fourth-order valence-electron chi connectivity index (χ4n) is 3.90. The van der Waals surface area contributed by atoms with E-state index in [2.05, 4.69) is 15.5 Å². The molecule has 0 aliphatic heterocycles. The number of thiazole rings is 1. The first-order valence-corrected chi connectivity index (χ1v) is 10.4. The predicted octanol–water partition coefficient (Wildman–Crippen LogP) is 2.92. The second-order valence-electron chi connectivity index (χ2n) is 7.12. The van der Waals surface area contributed by atoms with Gasteiger partial charge in [-0.3, -0.25) is 9.89 Å². The molecule has 0 saturated carbocycles. The normalized spacial score (nSPS) is 16.3. The molecule has 0 radical (unpaired) electrons. The largest absolute Gasteiger partial charge is 0.356 e. The number of aromatic nitrogens is 3. The fraction of sp³-hybridized carbons (Fsp3) is 0.632. The number of hydrogen-bond acceptors (Lipinski definition) is 4. The van der Waals surface area contributed by atoms with Gasteiger partial charge < -0.3 is 5.32 Å². The second kappa shape index (κ2) is 7.68. The quantitative estimate of drug-likeness (QED) is 0.834. The summed E-state index contributed by atoms with van der Waals surface area (Å²) in [5, 5.41) is 11.8. The number of carbonyl (C=O) groups excluding carboxylic acids is 1. The summed E-state index contributed by atoms with van der Waals surface area (Å²) in [6.45, 7) is 0.684. The van der Waals surface area contributed by atoms with Crippen molar-refractivity contribution in [3.63, 3.8) is 0 Å². The summed E-state index contributed by atoms with van der Waals surface area (Å²) in [5.74, 6) is 0.119. The lowest BCUT2D eigenvalue weighted by atomic mass is 9.95. The van der Waals surface area contributed by atoms with Gasteiger partial charge in [0.05, 0.1) is 16.4 Å². The van der Waals surface area contributed by atoms with Crippen LogP contribution in [0.25, 0.3) is 0 Å². The Morgan fingerprint density at radius 1 is 1.08 bits per heavy atom. The maximum absolute atomic E-state index is 12.1. The number of H-pyrrole nitrogens is 1. The summed E-state index contributed by atoms with van der Waals surface area (Å²) in [5.41, 5.74) is 5.06. The van der Waals surface area contributed by atoms with Crippen molar-refractivity contribution in [1.82, 2.24) is 20.5 Å². The zero-order valence-corrected chi connectivity index (χ0v) is 15.5. The molecule has 134 valence electrons. The van der Waals surface area contributed by atoms with Crippen molar-refractivity contribution >= 4 is 17.2 Å². The molecule has 5 nitrogen and oxygen atoms in total.